The van der Waals surface area contributed by atoms with Crippen molar-refractivity contribution < 1.29 is 4.79 Å². The normalized spacial score (nSPS) is 14.7. The summed E-state index contributed by atoms with van der Waals surface area (Å²) in [5.74, 6) is 0. The van der Waals surface area contributed by atoms with Crippen LogP contribution in [0.4, 0.5) is 0 Å². The molecule has 0 aromatic rings. The maximum absolute atomic E-state index is 11.0. The van der Waals surface area contributed by atoms with Crippen molar-refractivity contribution in [1.82, 2.24) is 4.90 Å². The molecule has 0 fully saturated rings. The number of carbonyl (C=O) groups excluding carboxylic acids is 1. The Morgan fingerprint density at radius 3 is 1.67 bits per heavy atom. The molecule has 0 saturated carbocycles. The number of nitrogens with zero attached hydrogens (tertiary/aromatic N) is 1. The van der Waals surface area contributed by atoms with Gasteiger partial charge >= 0.3 is 0 Å². The number of hydrogen-bond donors (Lipinski definition) is 0. The fourth-order valence-electron chi connectivity index (χ4n) is 1.94. The lowest BCUT2D eigenvalue weighted by Crippen LogP contribution is -2.39. The minimum Gasteiger partial charge on any atom is -0.340 e. The molecule has 0 aliphatic heterocycles. The number of rotatable bonds is 9. The van der Waals surface area contributed by atoms with Crippen LogP contribution in [-0.4, -0.2) is 23.4 Å². The summed E-state index contributed by atoms with van der Waals surface area (Å²) in [6, 6.07) is 0.795. The lowest BCUT2D eigenvalue weighted by molar-refractivity contribution is -0.122. The maximum Gasteiger partial charge on any atom is 0.210 e. The van der Waals surface area contributed by atoms with Gasteiger partial charge in [-0.05, 0) is 26.7 Å². The van der Waals surface area contributed by atoms with Gasteiger partial charge in [0.25, 0.3) is 0 Å². The minimum absolute atomic E-state index is 0.398. The fraction of sp³-hybridized carbons (Fsp3) is 0.923. The largest absolute Gasteiger partial charge is 0.340 e. The van der Waals surface area contributed by atoms with E-state index in [1.165, 1.54) is 25.7 Å². The standard InChI is InChI=1S/C13H27NO/c1-5-7-9-12(3)14(11-15)13(4)10-8-6-2/h11-13H,5-10H2,1-4H3. The van der Waals surface area contributed by atoms with Gasteiger partial charge in [0, 0.05) is 12.1 Å². The molecule has 2 atom stereocenters. The van der Waals surface area contributed by atoms with E-state index in [4.69, 9.17) is 0 Å². The van der Waals surface area contributed by atoms with Gasteiger partial charge < -0.3 is 4.90 Å². The molecule has 0 spiro atoms. The highest BCUT2D eigenvalue weighted by molar-refractivity contribution is 5.48. The van der Waals surface area contributed by atoms with Crippen LogP contribution in [0.2, 0.25) is 0 Å². The summed E-state index contributed by atoms with van der Waals surface area (Å²) in [4.78, 5) is 13.0. The molecule has 2 nitrogen and oxygen atoms in total. The van der Waals surface area contributed by atoms with Gasteiger partial charge in [0.05, 0.1) is 0 Å². The molecule has 0 aliphatic carbocycles. The van der Waals surface area contributed by atoms with Crippen LogP contribution in [0.25, 0.3) is 0 Å². The number of hydrogen-bond acceptors (Lipinski definition) is 1. The minimum atomic E-state index is 0.398. The SMILES string of the molecule is CCCCC(C)N(C=O)C(C)CCCC. The van der Waals surface area contributed by atoms with Crippen molar-refractivity contribution >= 4 is 6.41 Å². The van der Waals surface area contributed by atoms with E-state index in [0.29, 0.717) is 12.1 Å². The van der Waals surface area contributed by atoms with Crippen molar-refractivity contribution in [1.29, 1.82) is 0 Å². The third kappa shape index (κ3) is 5.81. The maximum atomic E-state index is 11.0. The van der Waals surface area contributed by atoms with Gasteiger partial charge in [-0.1, -0.05) is 39.5 Å². The number of amides is 1. The highest BCUT2D eigenvalue weighted by atomic mass is 16.1. The van der Waals surface area contributed by atoms with Crippen molar-refractivity contribution in [3.8, 4) is 0 Å². The van der Waals surface area contributed by atoms with E-state index >= 15 is 0 Å². The van der Waals surface area contributed by atoms with E-state index in [2.05, 4.69) is 27.7 Å². The van der Waals surface area contributed by atoms with Gasteiger partial charge in [-0.3, -0.25) is 4.79 Å². The second-order valence-electron chi connectivity index (χ2n) is 4.54. The Bertz CT molecular complexity index is 145. The second-order valence-corrected chi connectivity index (χ2v) is 4.54. The molecule has 2 heteroatoms. The van der Waals surface area contributed by atoms with E-state index in [1.807, 2.05) is 4.90 Å². The summed E-state index contributed by atoms with van der Waals surface area (Å²) < 4.78 is 0. The van der Waals surface area contributed by atoms with Gasteiger partial charge in [0.2, 0.25) is 6.41 Å². The van der Waals surface area contributed by atoms with Crippen molar-refractivity contribution in [2.24, 2.45) is 0 Å². The topological polar surface area (TPSA) is 20.3 Å². The van der Waals surface area contributed by atoms with Gasteiger partial charge in [0.1, 0.15) is 0 Å². The predicted octanol–water partition coefficient (Wildman–Crippen LogP) is 3.60. The van der Waals surface area contributed by atoms with Crippen molar-refractivity contribution in [2.75, 3.05) is 0 Å². The third-order valence-corrected chi connectivity index (χ3v) is 3.09. The molecule has 15 heavy (non-hydrogen) atoms. The predicted molar refractivity (Wildman–Crippen MR) is 65.9 cm³/mol. The number of unbranched alkanes of at least 4 members (excludes halogenated alkanes) is 2. The first-order valence-electron chi connectivity index (χ1n) is 6.40. The first-order chi connectivity index (χ1) is 7.17. The van der Waals surface area contributed by atoms with E-state index in [-0.39, 0.29) is 0 Å². The Balaban J connectivity index is 4.02. The first kappa shape index (κ1) is 14.5. The van der Waals surface area contributed by atoms with Crippen molar-refractivity contribution in [3.05, 3.63) is 0 Å². The molecule has 0 aromatic heterocycles. The van der Waals surface area contributed by atoms with E-state index < -0.39 is 0 Å². The van der Waals surface area contributed by atoms with Gasteiger partial charge in [-0.2, -0.15) is 0 Å². The Morgan fingerprint density at radius 2 is 1.40 bits per heavy atom. The van der Waals surface area contributed by atoms with Crippen LogP contribution in [0.15, 0.2) is 0 Å². The summed E-state index contributed by atoms with van der Waals surface area (Å²) in [6.07, 6.45) is 8.14. The van der Waals surface area contributed by atoms with E-state index in [1.54, 1.807) is 0 Å². The zero-order valence-electron chi connectivity index (χ0n) is 10.8. The van der Waals surface area contributed by atoms with Crippen molar-refractivity contribution in [2.45, 2.75) is 78.3 Å². The molecule has 0 aromatic carbocycles. The smallest absolute Gasteiger partial charge is 0.210 e. The van der Waals surface area contributed by atoms with Crippen LogP contribution < -0.4 is 0 Å². The van der Waals surface area contributed by atoms with Gasteiger partial charge in [0.15, 0.2) is 0 Å². The fourth-order valence-corrected chi connectivity index (χ4v) is 1.94. The second kappa shape index (κ2) is 8.75. The molecule has 0 N–H and O–H groups in total. The molecule has 0 heterocycles. The zero-order valence-corrected chi connectivity index (χ0v) is 10.8. The first-order valence-corrected chi connectivity index (χ1v) is 6.40. The molecule has 90 valence electrons. The van der Waals surface area contributed by atoms with Crippen molar-refractivity contribution in [3.63, 3.8) is 0 Å². The lowest BCUT2D eigenvalue weighted by atomic mass is 10.1. The van der Waals surface area contributed by atoms with Gasteiger partial charge in [-0.15, -0.1) is 0 Å². The lowest BCUT2D eigenvalue weighted by Gasteiger charge is -2.31. The third-order valence-electron chi connectivity index (χ3n) is 3.09. The van der Waals surface area contributed by atoms with Crippen LogP contribution in [0, 0.1) is 0 Å². The Hall–Kier alpha value is -0.530. The van der Waals surface area contributed by atoms with Crippen LogP contribution >= 0.6 is 0 Å². The van der Waals surface area contributed by atoms with Crippen LogP contribution in [0.1, 0.15) is 66.2 Å². The average Bonchev–Trinajstić information content (AvgIpc) is 2.24. The molecule has 2 unspecified atom stereocenters. The van der Waals surface area contributed by atoms with Crippen LogP contribution in [0.3, 0.4) is 0 Å². The van der Waals surface area contributed by atoms with Gasteiger partial charge in [-0.25, -0.2) is 0 Å². The average molecular weight is 213 g/mol. The molecular formula is C13H27NO. The Labute approximate surface area is 95.0 Å². The molecule has 0 radical (unpaired) electrons. The molecule has 0 rings (SSSR count). The van der Waals surface area contributed by atoms with Crippen LogP contribution in [0.5, 0.6) is 0 Å². The molecular weight excluding hydrogens is 186 g/mol. The monoisotopic (exact) mass is 213 g/mol. The summed E-state index contributed by atoms with van der Waals surface area (Å²) in [5.41, 5.74) is 0. The molecule has 0 aliphatic rings. The quantitative estimate of drug-likeness (QED) is 0.536. The zero-order chi connectivity index (χ0) is 11.7. The molecule has 0 saturated heterocycles. The summed E-state index contributed by atoms with van der Waals surface area (Å²) in [5, 5.41) is 0. The summed E-state index contributed by atoms with van der Waals surface area (Å²) in [6.45, 7) is 8.70. The molecule has 0 bridgehead atoms. The molecule has 1 amide bonds. The highest BCUT2D eigenvalue weighted by Gasteiger charge is 2.16. The summed E-state index contributed by atoms with van der Waals surface area (Å²) in [7, 11) is 0. The highest BCUT2D eigenvalue weighted by Crippen LogP contribution is 2.14. The summed E-state index contributed by atoms with van der Waals surface area (Å²) >= 11 is 0. The van der Waals surface area contributed by atoms with Crippen LogP contribution in [-0.2, 0) is 4.79 Å². The van der Waals surface area contributed by atoms with E-state index in [0.717, 1.165) is 19.3 Å². The number of carbonyl (C=O) groups is 1. The Morgan fingerprint density at radius 1 is 1.00 bits per heavy atom. The Kier molecular flexibility index (Phi) is 8.44. The van der Waals surface area contributed by atoms with E-state index in [9.17, 15) is 4.79 Å².